The zero-order chi connectivity index (χ0) is 22.4. The van der Waals surface area contributed by atoms with E-state index < -0.39 is 6.36 Å². The quantitative estimate of drug-likeness (QED) is 0.584. The van der Waals surface area contributed by atoms with Gasteiger partial charge in [-0.3, -0.25) is 4.79 Å². The van der Waals surface area contributed by atoms with Crippen molar-refractivity contribution in [3.05, 3.63) is 63.9 Å². The summed E-state index contributed by atoms with van der Waals surface area (Å²) >= 11 is 1.25. The summed E-state index contributed by atoms with van der Waals surface area (Å²) in [4.78, 5) is 24.6. The second-order valence-electron chi connectivity index (χ2n) is 6.69. The number of carbonyl (C=O) groups is 2. The Morgan fingerprint density at radius 3 is 2.45 bits per heavy atom. The molecule has 1 aromatic carbocycles. The van der Waals surface area contributed by atoms with E-state index in [1.54, 1.807) is 24.4 Å². The summed E-state index contributed by atoms with van der Waals surface area (Å²) in [5, 5.41) is 4.62. The van der Waals surface area contributed by atoms with Crippen LogP contribution in [-0.2, 0) is 9.53 Å². The van der Waals surface area contributed by atoms with Crippen molar-refractivity contribution < 1.29 is 32.2 Å². The molecule has 31 heavy (non-hydrogen) atoms. The number of alkyl halides is 3. The molecule has 0 saturated heterocycles. The molecule has 0 radical (unpaired) electrons. The lowest BCUT2D eigenvalue weighted by atomic mass is 9.98. The lowest BCUT2D eigenvalue weighted by Crippen LogP contribution is -2.25. The number of esters is 1. The number of hydrogen-bond donors (Lipinski definition) is 1. The average molecular weight is 451 g/mol. The van der Waals surface area contributed by atoms with E-state index in [0.717, 1.165) is 11.1 Å². The highest BCUT2D eigenvalue weighted by atomic mass is 32.1. The van der Waals surface area contributed by atoms with Crippen molar-refractivity contribution >= 4 is 23.2 Å². The molecule has 5 nitrogen and oxygen atoms in total. The van der Waals surface area contributed by atoms with Gasteiger partial charge in [0.05, 0.1) is 11.5 Å². The Morgan fingerprint density at radius 1 is 1.10 bits per heavy atom. The summed E-state index contributed by atoms with van der Waals surface area (Å²) < 4.78 is 45.6. The van der Waals surface area contributed by atoms with E-state index in [4.69, 9.17) is 4.74 Å². The number of benzene rings is 1. The van der Waals surface area contributed by atoms with Crippen molar-refractivity contribution in [1.29, 1.82) is 0 Å². The van der Waals surface area contributed by atoms with Gasteiger partial charge in [-0.15, -0.1) is 24.5 Å². The van der Waals surface area contributed by atoms with Crippen molar-refractivity contribution in [2.24, 2.45) is 0 Å². The highest BCUT2D eigenvalue weighted by Crippen LogP contribution is 2.29. The monoisotopic (exact) mass is 451 g/mol. The first-order valence-electron chi connectivity index (χ1n) is 9.54. The third kappa shape index (κ3) is 6.45. The van der Waals surface area contributed by atoms with Gasteiger partial charge in [0, 0.05) is 12.1 Å². The zero-order valence-electron chi connectivity index (χ0n) is 16.6. The van der Waals surface area contributed by atoms with Crippen LogP contribution in [-0.4, -0.2) is 31.4 Å². The van der Waals surface area contributed by atoms with Gasteiger partial charge in [0.2, 0.25) is 0 Å². The number of hydrogen-bond acceptors (Lipinski definition) is 5. The maximum absolute atomic E-state index is 12.4. The largest absolute Gasteiger partial charge is 0.573 e. The summed E-state index contributed by atoms with van der Waals surface area (Å²) in [6.45, 7) is 2.45. The lowest BCUT2D eigenvalue weighted by molar-refractivity contribution is -0.274. The number of nitrogens with one attached hydrogen (secondary N) is 1. The highest BCUT2D eigenvalue weighted by Gasteiger charge is 2.31. The van der Waals surface area contributed by atoms with Gasteiger partial charge in [0.15, 0.2) is 0 Å². The smallest absolute Gasteiger partial charge is 0.463 e. The number of carbonyl (C=O) groups excluding carboxylic acids is 2. The van der Waals surface area contributed by atoms with E-state index in [0.29, 0.717) is 42.0 Å². The third-order valence-corrected chi connectivity index (χ3v) is 5.42. The Balaban J connectivity index is 1.57. The number of amides is 1. The fourth-order valence-corrected chi connectivity index (χ4v) is 3.79. The van der Waals surface area contributed by atoms with Crippen LogP contribution in [0.15, 0.2) is 59.0 Å². The van der Waals surface area contributed by atoms with Gasteiger partial charge in [0.25, 0.3) is 5.91 Å². The van der Waals surface area contributed by atoms with E-state index in [-0.39, 0.29) is 17.6 Å². The van der Waals surface area contributed by atoms with E-state index in [1.165, 1.54) is 35.6 Å². The van der Waals surface area contributed by atoms with Crippen LogP contribution in [0.1, 0.15) is 29.4 Å². The molecule has 0 fully saturated rings. The molecule has 0 saturated carbocycles. The Kier molecular flexibility index (Phi) is 7.17. The second-order valence-corrected chi connectivity index (χ2v) is 7.60. The normalized spacial score (nSPS) is 13.8. The summed E-state index contributed by atoms with van der Waals surface area (Å²) in [6.07, 6.45) is 0.0304. The van der Waals surface area contributed by atoms with Crippen molar-refractivity contribution in [1.82, 2.24) is 5.32 Å². The summed E-state index contributed by atoms with van der Waals surface area (Å²) in [5.74, 6) is -0.856. The topological polar surface area (TPSA) is 64.6 Å². The molecule has 1 amide bonds. The number of rotatable bonds is 7. The number of thiophene rings is 1. The van der Waals surface area contributed by atoms with Gasteiger partial charge in [-0.1, -0.05) is 29.9 Å². The van der Waals surface area contributed by atoms with Crippen molar-refractivity contribution in [3.63, 3.8) is 0 Å². The third-order valence-electron chi connectivity index (χ3n) is 4.49. The Hall–Kier alpha value is -3.07. The average Bonchev–Trinajstić information content (AvgIpc) is 3.22. The van der Waals surface area contributed by atoms with Crippen molar-refractivity contribution in [3.8, 4) is 16.9 Å². The summed E-state index contributed by atoms with van der Waals surface area (Å²) in [7, 11) is 0. The molecule has 0 aliphatic heterocycles. The molecular formula is C22H20F3NO4S. The van der Waals surface area contributed by atoms with Crippen LogP contribution in [0.5, 0.6) is 5.75 Å². The first-order chi connectivity index (χ1) is 14.7. The lowest BCUT2D eigenvalue weighted by Gasteiger charge is -2.14. The molecule has 1 aliphatic carbocycles. The summed E-state index contributed by atoms with van der Waals surface area (Å²) in [5.41, 5.74) is 3.02. The SMILES string of the molecule is CCOC(=O)C1=CC=C(CNC(=O)c2cc(-c3ccc(OC(F)(F)F)cc3)cs2)CC1. The molecule has 0 atom stereocenters. The fraction of sp³-hybridized carbons (Fsp3) is 0.273. The molecule has 2 aromatic rings. The molecule has 0 bridgehead atoms. The summed E-state index contributed by atoms with van der Waals surface area (Å²) in [6, 6.07) is 7.16. The predicted octanol–water partition coefficient (Wildman–Crippen LogP) is 5.25. The van der Waals surface area contributed by atoms with Crippen LogP contribution in [0.25, 0.3) is 11.1 Å². The fourth-order valence-electron chi connectivity index (χ4n) is 2.96. The first-order valence-corrected chi connectivity index (χ1v) is 10.4. The Labute approximate surface area is 181 Å². The van der Waals surface area contributed by atoms with Crippen LogP contribution in [0, 0.1) is 0 Å². The first kappa shape index (κ1) is 22.6. The highest BCUT2D eigenvalue weighted by molar-refractivity contribution is 7.12. The minimum atomic E-state index is -4.74. The zero-order valence-corrected chi connectivity index (χ0v) is 17.4. The predicted molar refractivity (Wildman–Crippen MR) is 111 cm³/mol. The molecule has 1 N–H and O–H groups in total. The van der Waals surface area contributed by atoms with E-state index >= 15 is 0 Å². The van der Waals surface area contributed by atoms with E-state index in [2.05, 4.69) is 10.1 Å². The van der Waals surface area contributed by atoms with Gasteiger partial charge < -0.3 is 14.8 Å². The van der Waals surface area contributed by atoms with Crippen LogP contribution in [0.4, 0.5) is 13.2 Å². The molecule has 0 unspecified atom stereocenters. The number of ether oxygens (including phenoxy) is 2. The van der Waals surface area contributed by atoms with Crippen LogP contribution < -0.4 is 10.1 Å². The molecule has 1 aliphatic rings. The number of halogens is 3. The molecule has 164 valence electrons. The second kappa shape index (κ2) is 9.82. The van der Waals surface area contributed by atoms with Crippen molar-refractivity contribution in [2.75, 3.05) is 13.2 Å². The Morgan fingerprint density at radius 2 is 1.84 bits per heavy atom. The number of allylic oxidation sites excluding steroid dienone is 2. The molecule has 1 aromatic heterocycles. The van der Waals surface area contributed by atoms with Crippen LogP contribution >= 0.6 is 11.3 Å². The molecular weight excluding hydrogens is 431 g/mol. The van der Waals surface area contributed by atoms with Gasteiger partial charge in [-0.05, 0) is 54.5 Å². The van der Waals surface area contributed by atoms with Crippen LogP contribution in [0.3, 0.4) is 0 Å². The maximum Gasteiger partial charge on any atom is 0.573 e. The molecule has 1 heterocycles. The van der Waals surface area contributed by atoms with E-state index in [9.17, 15) is 22.8 Å². The minimum Gasteiger partial charge on any atom is -0.463 e. The van der Waals surface area contributed by atoms with Gasteiger partial charge in [-0.2, -0.15) is 0 Å². The molecule has 3 rings (SSSR count). The Bertz CT molecular complexity index is 1010. The van der Waals surface area contributed by atoms with E-state index in [1.807, 2.05) is 6.08 Å². The van der Waals surface area contributed by atoms with Crippen molar-refractivity contribution in [2.45, 2.75) is 26.1 Å². The minimum absolute atomic E-state index is 0.241. The van der Waals surface area contributed by atoms with Gasteiger partial charge in [-0.25, -0.2) is 4.79 Å². The van der Waals surface area contributed by atoms with Crippen LogP contribution in [0.2, 0.25) is 0 Å². The van der Waals surface area contributed by atoms with Gasteiger partial charge in [0.1, 0.15) is 5.75 Å². The standard InChI is InChI=1S/C22H20F3NO4S/c1-2-29-21(28)16-5-3-14(4-6-16)12-26-20(27)19-11-17(13-31-19)15-7-9-18(10-8-15)30-22(23,24)25/h3,5,7-11,13H,2,4,6,12H2,1H3,(H,26,27). The molecule has 0 spiro atoms. The van der Waals surface area contributed by atoms with Gasteiger partial charge >= 0.3 is 12.3 Å². The molecule has 9 heteroatoms. The maximum atomic E-state index is 12.4.